The van der Waals surface area contributed by atoms with E-state index in [1.165, 1.54) is 0 Å². The lowest BCUT2D eigenvalue weighted by Gasteiger charge is -2.32. The van der Waals surface area contributed by atoms with Gasteiger partial charge < -0.3 is 20.4 Å². The average molecular weight is 304 g/mol. The predicted octanol–water partition coefficient (Wildman–Crippen LogP) is 1.20. The summed E-state index contributed by atoms with van der Waals surface area (Å²) in [6.07, 6.45) is 0. The molecule has 120 valence electrons. The minimum Gasteiger partial charge on any atom is -0.339 e. The van der Waals surface area contributed by atoms with Crippen LogP contribution >= 0.6 is 0 Å². The molecule has 1 aromatic rings. The maximum atomic E-state index is 12.1. The van der Waals surface area contributed by atoms with Crippen molar-refractivity contribution in [2.75, 3.05) is 45.1 Å². The van der Waals surface area contributed by atoms with Crippen molar-refractivity contribution in [1.29, 1.82) is 0 Å². The Kier molecular flexibility index (Phi) is 5.38. The molecule has 0 bridgehead atoms. The molecule has 0 aliphatic carbocycles. The number of nitrogens with zero attached hydrogens (tertiary/aromatic N) is 2. The molecule has 0 saturated carbocycles. The Morgan fingerprint density at radius 1 is 1.09 bits per heavy atom. The highest BCUT2D eigenvalue weighted by Crippen LogP contribution is 2.18. The van der Waals surface area contributed by atoms with Crippen molar-refractivity contribution in [2.24, 2.45) is 0 Å². The predicted molar refractivity (Wildman–Crippen MR) is 87.0 cm³/mol. The molecule has 1 aliphatic heterocycles. The summed E-state index contributed by atoms with van der Waals surface area (Å²) in [5.74, 6) is -0.0373. The number of rotatable bonds is 3. The molecular formula is C16H24N4O2. The van der Waals surface area contributed by atoms with Crippen LogP contribution in [-0.2, 0) is 4.79 Å². The second-order valence-electron chi connectivity index (χ2n) is 5.76. The number of nitrogens with one attached hydrogen (secondary N) is 2. The summed E-state index contributed by atoms with van der Waals surface area (Å²) in [6, 6.07) is 5.49. The molecule has 6 nitrogen and oxygen atoms in total. The number of urea groups is 1. The number of para-hydroxylation sites is 1. The number of benzene rings is 1. The topological polar surface area (TPSA) is 64.7 Å². The van der Waals surface area contributed by atoms with Crippen LogP contribution in [0.5, 0.6) is 0 Å². The van der Waals surface area contributed by atoms with Gasteiger partial charge in [0.15, 0.2) is 0 Å². The number of amides is 3. The van der Waals surface area contributed by atoms with Crippen molar-refractivity contribution in [3.8, 4) is 0 Å². The normalized spacial score (nSPS) is 15.5. The lowest BCUT2D eigenvalue weighted by molar-refractivity contribution is -0.131. The van der Waals surface area contributed by atoms with E-state index >= 15 is 0 Å². The van der Waals surface area contributed by atoms with Crippen LogP contribution in [0.15, 0.2) is 18.2 Å². The third-order valence-corrected chi connectivity index (χ3v) is 3.98. The number of anilines is 1. The van der Waals surface area contributed by atoms with Crippen molar-refractivity contribution in [3.05, 3.63) is 29.3 Å². The minimum atomic E-state index is -0.347. The van der Waals surface area contributed by atoms with E-state index in [-0.39, 0.29) is 18.5 Å². The van der Waals surface area contributed by atoms with Crippen LogP contribution in [0.1, 0.15) is 11.1 Å². The van der Waals surface area contributed by atoms with Crippen molar-refractivity contribution in [3.63, 3.8) is 0 Å². The molecule has 0 radical (unpaired) electrons. The fraction of sp³-hybridized carbons (Fsp3) is 0.500. The first-order valence-electron chi connectivity index (χ1n) is 7.55. The van der Waals surface area contributed by atoms with Crippen LogP contribution in [-0.4, -0.2) is 61.5 Å². The Hall–Kier alpha value is -2.08. The summed E-state index contributed by atoms with van der Waals surface area (Å²) in [5, 5.41) is 5.45. The highest BCUT2D eigenvalue weighted by molar-refractivity contribution is 5.93. The lowest BCUT2D eigenvalue weighted by Crippen LogP contribution is -2.50. The molecule has 22 heavy (non-hydrogen) atoms. The van der Waals surface area contributed by atoms with Gasteiger partial charge in [-0.2, -0.15) is 0 Å². The largest absolute Gasteiger partial charge is 0.339 e. The Bertz CT molecular complexity index is 531. The first-order chi connectivity index (χ1) is 10.5. The molecule has 0 atom stereocenters. The zero-order valence-corrected chi connectivity index (χ0v) is 13.5. The van der Waals surface area contributed by atoms with E-state index in [1.54, 1.807) is 4.90 Å². The quantitative estimate of drug-likeness (QED) is 0.882. The van der Waals surface area contributed by atoms with Gasteiger partial charge >= 0.3 is 6.03 Å². The van der Waals surface area contributed by atoms with Gasteiger partial charge in [-0.3, -0.25) is 4.79 Å². The second kappa shape index (κ2) is 7.26. The van der Waals surface area contributed by atoms with Crippen LogP contribution in [0.4, 0.5) is 10.5 Å². The van der Waals surface area contributed by atoms with E-state index in [9.17, 15) is 9.59 Å². The highest BCUT2D eigenvalue weighted by Gasteiger charge is 2.19. The number of likely N-dealkylation sites (N-methyl/N-ethyl adjacent to an activating group) is 1. The van der Waals surface area contributed by atoms with Crippen LogP contribution in [0.25, 0.3) is 0 Å². The first-order valence-corrected chi connectivity index (χ1v) is 7.55. The summed E-state index contributed by atoms with van der Waals surface area (Å²) in [7, 11) is 2.04. The molecule has 0 aromatic heterocycles. The number of aryl methyl sites for hydroxylation is 2. The van der Waals surface area contributed by atoms with Crippen LogP contribution < -0.4 is 10.6 Å². The van der Waals surface area contributed by atoms with Gasteiger partial charge in [-0.1, -0.05) is 18.2 Å². The average Bonchev–Trinajstić information content (AvgIpc) is 2.49. The van der Waals surface area contributed by atoms with E-state index in [4.69, 9.17) is 0 Å². The molecule has 1 aliphatic rings. The highest BCUT2D eigenvalue weighted by atomic mass is 16.2. The molecule has 2 N–H and O–H groups in total. The van der Waals surface area contributed by atoms with E-state index in [1.807, 2.05) is 39.1 Å². The fourth-order valence-electron chi connectivity index (χ4n) is 2.49. The van der Waals surface area contributed by atoms with Crippen molar-refractivity contribution in [1.82, 2.24) is 15.1 Å². The van der Waals surface area contributed by atoms with Crippen molar-refractivity contribution in [2.45, 2.75) is 13.8 Å². The standard InChI is InChI=1S/C16H24N4O2/c1-12-5-4-6-13(2)15(12)18-16(22)17-11-14(21)20-9-7-19(3)8-10-20/h4-6H,7-11H2,1-3H3,(H2,17,18,22). The molecule has 1 heterocycles. The number of hydrogen-bond donors (Lipinski definition) is 2. The summed E-state index contributed by atoms with van der Waals surface area (Å²) >= 11 is 0. The Labute approximate surface area is 131 Å². The third kappa shape index (κ3) is 4.21. The minimum absolute atomic E-state index is 0.0283. The Morgan fingerprint density at radius 3 is 2.27 bits per heavy atom. The third-order valence-electron chi connectivity index (χ3n) is 3.98. The Morgan fingerprint density at radius 2 is 1.68 bits per heavy atom. The molecule has 6 heteroatoms. The molecule has 3 amide bonds. The Balaban J connectivity index is 1.81. The van der Waals surface area contributed by atoms with Crippen molar-refractivity contribution < 1.29 is 9.59 Å². The van der Waals surface area contributed by atoms with E-state index in [2.05, 4.69) is 15.5 Å². The molecule has 0 unspecified atom stereocenters. The lowest BCUT2D eigenvalue weighted by atomic mass is 10.1. The van der Waals surface area contributed by atoms with Gasteiger partial charge in [-0.25, -0.2) is 4.79 Å². The first kappa shape index (κ1) is 16.3. The van der Waals surface area contributed by atoms with Gasteiger partial charge in [-0.15, -0.1) is 0 Å². The van der Waals surface area contributed by atoms with Gasteiger partial charge in [0.2, 0.25) is 5.91 Å². The van der Waals surface area contributed by atoms with Crippen LogP contribution in [0.3, 0.4) is 0 Å². The zero-order valence-electron chi connectivity index (χ0n) is 13.5. The van der Waals surface area contributed by atoms with Gasteiger partial charge in [0.25, 0.3) is 0 Å². The van der Waals surface area contributed by atoms with E-state index in [0.29, 0.717) is 0 Å². The number of hydrogen-bond acceptors (Lipinski definition) is 3. The summed E-state index contributed by atoms with van der Waals surface area (Å²) in [6.45, 7) is 7.10. The van der Waals surface area contributed by atoms with E-state index in [0.717, 1.165) is 43.0 Å². The van der Waals surface area contributed by atoms with Crippen LogP contribution in [0, 0.1) is 13.8 Å². The molecule has 1 fully saturated rings. The maximum absolute atomic E-state index is 12.1. The van der Waals surface area contributed by atoms with Gasteiger partial charge in [0.1, 0.15) is 0 Å². The van der Waals surface area contributed by atoms with Crippen molar-refractivity contribution >= 4 is 17.6 Å². The second-order valence-corrected chi connectivity index (χ2v) is 5.76. The maximum Gasteiger partial charge on any atom is 0.319 e. The SMILES string of the molecule is Cc1cccc(C)c1NC(=O)NCC(=O)N1CCN(C)CC1. The molecule has 2 rings (SSSR count). The smallest absolute Gasteiger partial charge is 0.319 e. The van der Waals surface area contributed by atoms with Gasteiger partial charge in [-0.05, 0) is 32.0 Å². The molecule has 1 aromatic carbocycles. The summed E-state index contributed by atoms with van der Waals surface area (Å²) in [4.78, 5) is 28.0. The monoisotopic (exact) mass is 304 g/mol. The molecule has 0 spiro atoms. The van der Waals surface area contributed by atoms with E-state index < -0.39 is 0 Å². The van der Waals surface area contributed by atoms with Crippen LogP contribution in [0.2, 0.25) is 0 Å². The van der Waals surface area contributed by atoms with Gasteiger partial charge in [0, 0.05) is 31.9 Å². The molecular weight excluding hydrogens is 280 g/mol. The number of piperazine rings is 1. The molecule has 1 saturated heterocycles. The number of carbonyl (C=O) groups excluding carboxylic acids is 2. The number of carbonyl (C=O) groups is 2. The summed E-state index contributed by atoms with van der Waals surface area (Å²) < 4.78 is 0. The fourth-order valence-corrected chi connectivity index (χ4v) is 2.49. The summed E-state index contributed by atoms with van der Waals surface area (Å²) in [5.41, 5.74) is 2.80. The zero-order chi connectivity index (χ0) is 16.1. The van der Waals surface area contributed by atoms with Gasteiger partial charge in [0.05, 0.1) is 6.54 Å².